The van der Waals surface area contributed by atoms with Gasteiger partial charge in [0.05, 0.1) is 0 Å². The number of aliphatic hydroxyl groups is 2. The second-order valence-corrected chi connectivity index (χ2v) is 5.37. The Kier molecular flexibility index (Phi) is 5.42. The molecule has 5 heteroatoms. The molecule has 0 radical (unpaired) electrons. The lowest BCUT2D eigenvalue weighted by Crippen LogP contribution is -2.35. The molecule has 0 saturated heterocycles. The minimum absolute atomic E-state index is 0. The Morgan fingerprint density at radius 1 is 1.09 bits per heavy atom. The summed E-state index contributed by atoms with van der Waals surface area (Å²) in [6, 6.07) is 13.9. The van der Waals surface area contributed by atoms with Crippen LogP contribution in [0, 0.1) is 5.92 Å². The number of para-hydroxylation sites is 1. The number of nitrogens with one attached hydrogen (secondary N) is 1. The van der Waals surface area contributed by atoms with E-state index in [9.17, 15) is 5.11 Å². The Morgan fingerprint density at radius 3 is 2.59 bits per heavy atom. The van der Waals surface area contributed by atoms with Gasteiger partial charge in [-0.05, 0) is 17.7 Å². The molecule has 0 fully saturated rings. The minimum Gasteiger partial charge on any atom is -0.456 e. The normalized spacial score (nSPS) is 14.0. The lowest BCUT2D eigenvalue weighted by atomic mass is 10.1. The first-order chi connectivity index (χ1) is 10.2. The average Bonchev–Trinajstić information content (AvgIpc) is 2.90. The van der Waals surface area contributed by atoms with Crippen LogP contribution in [-0.2, 0) is 6.54 Å². The third-order valence-corrected chi connectivity index (χ3v) is 3.82. The number of benzene rings is 2. The van der Waals surface area contributed by atoms with E-state index in [4.69, 9.17) is 9.52 Å². The highest BCUT2D eigenvalue weighted by atomic mass is 35.5. The van der Waals surface area contributed by atoms with Crippen molar-refractivity contribution in [2.45, 2.75) is 19.7 Å². The molecular formula is C17H20ClNO3. The van der Waals surface area contributed by atoms with Crippen molar-refractivity contribution in [2.24, 2.45) is 5.92 Å². The van der Waals surface area contributed by atoms with Crippen molar-refractivity contribution in [1.29, 1.82) is 0 Å². The van der Waals surface area contributed by atoms with Gasteiger partial charge in [0.1, 0.15) is 17.4 Å². The van der Waals surface area contributed by atoms with Crippen molar-refractivity contribution in [3.05, 3.63) is 48.0 Å². The fourth-order valence-electron chi connectivity index (χ4n) is 2.51. The van der Waals surface area contributed by atoms with Gasteiger partial charge in [0.25, 0.3) is 0 Å². The van der Waals surface area contributed by atoms with E-state index in [2.05, 4.69) is 5.32 Å². The standard InChI is InChI=1S/C17H19NO3.ClH/c1-11(10-19)17(20)18-9-12-5-4-8-15-16(12)13-6-2-3-7-14(13)21-15;/h2-8,11,17-20H,9-10H2,1H3;1H. The summed E-state index contributed by atoms with van der Waals surface area (Å²) in [6.45, 7) is 2.27. The molecule has 0 spiro atoms. The van der Waals surface area contributed by atoms with Crippen molar-refractivity contribution in [3.8, 4) is 0 Å². The first-order valence-electron chi connectivity index (χ1n) is 7.12. The van der Waals surface area contributed by atoms with E-state index in [1.807, 2.05) is 42.5 Å². The molecule has 22 heavy (non-hydrogen) atoms. The van der Waals surface area contributed by atoms with Crippen molar-refractivity contribution in [1.82, 2.24) is 5.32 Å². The molecule has 2 unspecified atom stereocenters. The van der Waals surface area contributed by atoms with Gasteiger partial charge in [-0.1, -0.05) is 37.3 Å². The third kappa shape index (κ3) is 3.10. The van der Waals surface area contributed by atoms with Crippen molar-refractivity contribution in [2.75, 3.05) is 6.61 Å². The summed E-state index contributed by atoms with van der Waals surface area (Å²) >= 11 is 0. The Labute approximate surface area is 135 Å². The Hall–Kier alpha value is -1.59. The number of rotatable bonds is 5. The van der Waals surface area contributed by atoms with Crippen molar-refractivity contribution < 1.29 is 14.6 Å². The lowest BCUT2D eigenvalue weighted by molar-refractivity contribution is 0.0495. The first-order valence-corrected chi connectivity index (χ1v) is 7.12. The summed E-state index contributed by atoms with van der Waals surface area (Å²) in [5, 5.41) is 24.2. The summed E-state index contributed by atoms with van der Waals surface area (Å²) < 4.78 is 5.84. The van der Waals surface area contributed by atoms with Gasteiger partial charge in [-0.3, -0.25) is 5.32 Å². The highest BCUT2D eigenvalue weighted by Crippen LogP contribution is 2.31. The van der Waals surface area contributed by atoms with Crippen LogP contribution in [0.25, 0.3) is 21.9 Å². The first kappa shape index (κ1) is 16.8. The SMILES string of the molecule is CC(CO)C(O)NCc1cccc2oc3ccccc3c12.Cl. The molecule has 3 rings (SSSR count). The largest absolute Gasteiger partial charge is 0.456 e. The molecule has 0 bridgehead atoms. The van der Waals surface area contributed by atoms with Crippen LogP contribution in [-0.4, -0.2) is 23.0 Å². The van der Waals surface area contributed by atoms with Gasteiger partial charge >= 0.3 is 0 Å². The van der Waals surface area contributed by atoms with Crippen LogP contribution in [0.5, 0.6) is 0 Å². The van der Waals surface area contributed by atoms with Gasteiger partial charge in [-0.25, -0.2) is 0 Å². The molecule has 1 aromatic heterocycles. The molecule has 4 nitrogen and oxygen atoms in total. The highest BCUT2D eigenvalue weighted by Gasteiger charge is 2.14. The molecular weight excluding hydrogens is 302 g/mol. The maximum atomic E-state index is 9.92. The quantitative estimate of drug-likeness (QED) is 0.632. The number of fused-ring (bicyclic) bond motifs is 3. The van der Waals surface area contributed by atoms with Crippen LogP contribution in [0.15, 0.2) is 46.9 Å². The smallest absolute Gasteiger partial charge is 0.135 e. The van der Waals surface area contributed by atoms with Crippen molar-refractivity contribution >= 4 is 34.3 Å². The average molecular weight is 322 g/mol. The van der Waals surface area contributed by atoms with Crippen LogP contribution in [0.4, 0.5) is 0 Å². The van der Waals surface area contributed by atoms with E-state index in [1.165, 1.54) is 0 Å². The van der Waals surface area contributed by atoms with Crippen molar-refractivity contribution in [3.63, 3.8) is 0 Å². The summed E-state index contributed by atoms with van der Waals surface area (Å²) in [4.78, 5) is 0. The second kappa shape index (κ2) is 7.11. The zero-order chi connectivity index (χ0) is 14.8. The fraction of sp³-hybridized carbons (Fsp3) is 0.294. The fourth-order valence-corrected chi connectivity index (χ4v) is 2.51. The molecule has 118 valence electrons. The molecule has 0 aliphatic heterocycles. The Bertz CT molecular complexity index is 756. The van der Waals surface area contributed by atoms with Gasteiger partial charge in [0.2, 0.25) is 0 Å². The zero-order valence-electron chi connectivity index (χ0n) is 12.3. The number of hydrogen-bond acceptors (Lipinski definition) is 4. The Morgan fingerprint density at radius 2 is 1.82 bits per heavy atom. The summed E-state index contributed by atoms with van der Waals surface area (Å²) in [5.74, 6) is -0.203. The molecule has 1 heterocycles. The summed E-state index contributed by atoms with van der Waals surface area (Å²) in [6.07, 6.45) is -0.733. The topological polar surface area (TPSA) is 65.6 Å². The maximum absolute atomic E-state index is 9.92. The van der Waals surface area contributed by atoms with Gasteiger partial charge in [0, 0.05) is 29.8 Å². The lowest BCUT2D eigenvalue weighted by Gasteiger charge is -2.18. The van der Waals surface area contributed by atoms with Crippen LogP contribution in [0.3, 0.4) is 0 Å². The molecule has 0 aliphatic carbocycles. The minimum atomic E-state index is -0.733. The molecule has 3 N–H and O–H groups in total. The Balaban J connectivity index is 0.00000176. The van der Waals surface area contributed by atoms with E-state index in [0.29, 0.717) is 6.54 Å². The summed E-state index contributed by atoms with van der Waals surface area (Å²) in [5.41, 5.74) is 2.78. The van der Waals surface area contributed by atoms with Gasteiger partial charge in [-0.15, -0.1) is 12.4 Å². The van der Waals surface area contributed by atoms with Gasteiger partial charge < -0.3 is 14.6 Å². The van der Waals surface area contributed by atoms with Crippen LogP contribution >= 0.6 is 12.4 Å². The monoisotopic (exact) mass is 321 g/mol. The molecule has 2 atom stereocenters. The zero-order valence-corrected chi connectivity index (χ0v) is 13.1. The van der Waals surface area contributed by atoms with Crippen LogP contribution in [0.1, 0.15) is 12.5 Å². The second-order valence-electron chi connectivity index (χ2n) is 5.37. The third-order valence-electron chi connectivity index (χ3n) is 3.82. The molecule has 0 saturated carbocycles. The van der Waals surface area contributed by atoms with E-state index in [-0.39, 0.29) is 24.9 Å². The predicted molar refractivity (Wildman–Crippen MR) is 90.1 cm³/mol. The number of aliphatic hydroxyl groups excluding tert-OH is 2. The summed E-state index contributed by atoms with van der Waals surface area (Å²) in [7, 11) is 0. The predicted octanol–water partition coefficient (Wildman–Crippen LogP) is 3.04. The van der Waals surface area contributed by atoms with E-state index >= 15 is 0 Å². The molecule has 2 aromatic carbocycles. The van der Waals surface area contributed by atoms with E-state index < -0.39 is 6.23 Å². The van der Waals surface area contributed by atoms with Gasteiger partial charge in [-0.2, -0.15) is 0 Å². The number of furan rings is 1. The molecule has 0 amide bonds. The number of hydrogen-bond donors (Lipinski definition) is 3. The van der Waals surface area contributed by atoms with E-state index in [1.54, 1.807) is 6.92 Å². The molecule has 0 aliphatic rings. The highest BCUT2D eigenvalue weighted by molar-refractivity contribution is 6.06. The maximum Gasteiger partial charge on any atom is 0.135 e. The van der Waals surface area contributed by atoms with Crippen LogP contribution < -0.4 is 5.32 Å². The van der Waals surface area contributed by atoms with E-state index in [0.717, 1.165) is 27.5 Å². The van der Waals surface area contributed by atoms with Gasteiger partial charge in [0.15, 0.2) is 0 Å². The number of halogens is 1. The van der Waals surface area contributed by atoms with Crippen LogP contribution in [0.2, 0.25) is 0 Å². The molecule has 3 aromatic rings.